The van der Waals surface area contributed by atoms with Crippen molar-refractivity contribution in [3.05, 3.63) is 54.1 Å². The largest absolute Gasteiger partial charge is 0.309 e. The lowest BCUT2D eigenvalue weighted by Crippen LogP contribution is -2.47. The van der Waals surface area contributed by atoms with Gasteiger partial charge in [-0.2, -0.15) is 9.57 Å². The summed E-state index contributed by atoms with van der Waals surface area (Å²) < 4.78 is 25.0. The molecule has 2 N–H and O–H groups in total. The molecule has 1 fully saturated rings. The van der Waals surface area contributed by atoms with Gasteiger partial charge in [0.15, 0.2) is 6.19 Å². The Bertz CT molecular complexity index is 852. The normalized spacial score (nSPS) is 23.4. The Morgan fingerprint density at radius 1 is 1.12 bits per heavy atom. The summed E-state index contributed by atoms with van der Waals surface area (Å²) in [4.78, 5) is 1.68. The van der Waals surface area contributed by atoms with Crippen LogP contribution in [0.1, 0.15) is 12.0 Å². The van der Waals surface area contributed by atoms with Crippen LogP contribution in [0.5, 0.6) is 0 Å². The highest BCUT2D eigenvalue weighted by molar-refractivity contribution is 8.23. The van der Waals surface area contributed by atoms with Crippen molar-refractivity contribution in [1.29, 1.82) is 5.26 Å². The first-order valence-corrected chi connectivity index (χ1v) is 10.1. The molecular weight excluding hydrogens is 348 g/mol. The van der Waals surface area contributed by atoms with Gasteiger partial charge in [-0.25, -0.2) is 0 Å². The first-order valence-electron chi connectivity index (χ1n) is 8.62. The number of rotatable bonds is 2. The quantitative estimate of drug-likeness (QED) is 0.785. The maximum Gasteiger partial charge on any atom is 0.179 e. The van der Waals surface area contributed by atoms with Crippen molar-refractivity contribution in [3.63, 3.8) is 0 Å². The minimum absolute atomic E-state index is 0.0457. The number of nitriles is 1. The van der Waals surface area contributed by atoms with E-state index >= 15 is 0 Å². The first-order chi connectivity index (χ1) is 12.5. The van der Waals surface area contributed by atoms with Gasteiger partial charge in [-0.3, -0.25) is 13.4 Å². The van der Waals surface area contributed by atoms with Gasteiger partial charge in [0.25, 0.3) is 0 Å². The zero-order valence-corrected chi connectivity index (χ0v) is 15.4. The second kappa shape index (κ2) is 6.49. The minimum Gasteiger partial charge on any atom is -0.309 e. The topological polar surface area (TPSA) is 74.0 Å². The van der Waals surface area contributed by atoms with Gasteiger partial charge in [0.1, 0.15) is 0 Å². The number of anilines is 1. The van der Waals surface area contributed by atoms with Gasteiger partial charge in [0.2, 0.25) is 0 Å². The van der Waals surface area contributed by atoms with Crippen LogP contribution in [0.25, 0.3) is 11.1 Å². The third-order valence-corrected chi connectivity index (χ3v) is 7.23. The summed E-state index contributed by atoms with van der Waals surface area (Å²) in [7, 11) is -1.36. The Balaban J connectivity index is 1.69. The van der Waals surface area contributed by atoms with E-state index in [1.54, 1.807) is 20.6 Å². The van der Waals surface area contributed by atoms with Crippen LogP contribution in [0.4, 0.5) is 5.69 Å². The molecule has 7 heteroatoms. The van der Waals surface area contributed by atoms with Crippen LogP contribution in [-0.2, 0) is 6.54 Å². The molecule has 0 aromatic heterocycles. The molecule has 0 bridgehead atoms. The van der Waals surface area contributed by atoms with Gasteiger partial charge >= 0.3 is 0 Å². The second-order valence-corrected chi connectivity index (χ2v) is 8.76. The van der Waals surface area contributed by atoms with Crippen LogP contribution in [0.3, 0.4) is 0 Å². The maximum atomic E-state index is 10.8. The molecule has 0 radical (unpaired) electrons. The van der Waals surface area contributed by atoms with E-state index in [-0.39, 0.29) is 6.04 Å². The van der Waals surface area contributed by atoms with Gasteiger partial charge in [0, 0.05) is 26.7 Å². The molecule has 2 aliphatic rings. The van der Waals surface area contributed by atoms with E-state index in [1.165, 1.54) is 0 Å². The van der Waals surface area contributed by atoms with E-state index in [2.05, 4.69) is 24.4 Å². The highest BCUT2D eigenvalue weighted by Gasteiger charge is 2.41. The fraction of sp³-hybridized carbons (Fsp3) is 0.316. The van der Waals surface area contributed by atoms with E-state index in [9.17, 15) is 9.11 Å². The molecule has 0 amide bonds. The zero-order chi connectivity index (χ0) is 18.3. The molecule has 0 saturated carbocycles. The zero-order valence-electron chi connectivity index (χ0n) is 14.6. The highest BCUT2D eigenvalue weighted by Crippen LogP contribution is 2.56. The lowest BCUT2D eigenvalue weighted by atomic mass is 10.0. The summed E-state index contributed by atoms with van der Waals surface area (Å²) in [6.07, 6.45) is 2.92. The monoisotopic (exact) mass is 370 g/mol. The summed E-state index contributed by atoms with van der Waals surface area (Å²) in [6.45, 7) is 1.66. The van der Waals surface area contributed by atoms with Crippen LogP contribution >= 0.6 is 11.0 Å². The van der Waals surface area contributed by atoms with E-state index in [1.807, 2.05) is 30.3 Å². The number of hydrogen-bond donors (Lipinski definition) is 2. The van der Waals surface area contributed by atoms with E-state index < -0.39 is 11.0 Å². The molecule has 26 heavy (non-hydrogen) atoms. The minimum atomic E-state index is -3.08. The fourth-order valence-electron chi connectivity index (χ4n) is 3.77. The van der Waals surface area contributed by atoms with E-state index in [0.717, 1.165) is 28.8 Å². The van der Waals surface area contributed by atoms with Crippen molar-refractivity contribution in [2.45, 2.75) is 19.0 Å². The smallest absolute Gasteiger partial charge is 0.179 e. The first kappa shape index (κ1) is 17.2. The molecular formula is C19H22N4O2S. The number of fused-ring (bicyclic) bond motifs is 1. The molecule has 2 aromatic carbocycles. The van der Waals surface area contributed by atoms with Crippen LogP contribution in [0, 0.1) is 11.5 Å². The van der Waals surface area contributed by atoms with Gasteiger partial charge in [-0.15, -0.1) is 0 Å². The van der Waals surface area contributed by atoms with E-state index in [4.69, 9.17) is 5.26 Å². The number of nitrogens with zero attached hydrogens (tertiary/aromatic N) is 4. The average Bonchev–Trinajstić information content (AvgIpc) is 3.14. The van der Waals surface area contributed by atoms with Gasteiger partial charge < -0.3 is 4.90 Å². The fourth-order valence-corrected chi connectivity index (χ4v) is 5.41. The molecule has 4 rings (SSSR count). The molecule has 136 valence electrons. The predicted octanol–water partition coefficient (Wildman–Crippen LogP) is 3.74. The van der Waals surface area contributed by atoms with Gasteiger partial charge in [0.05, 0.1) is 11.7 Å². The van der Waals surface area contributed by atoms with Crippen molar-refractivity contribution in [3.8, 4) is 17.3 Å². The third kappa shape index (κ3) is 2.81. The van der Waals surface area contributed by atoms with Gasteiger partial charge in [-0.05, 0) is 35.2 Å². The third-order valence-electron chi connectivity index (χ3n) is 5.25. The molecule has 1 saturated heterocycles. The van der Waals surface area contributed by atoms with Crippen molar-refractivity contribution in [2.24, 2.45) is 0 Å². The summed E-state index contributed by atoms with van der Waals surface area (Å²) in [6, 6.07) is 16.2. The molecule has 0 aliphatic carbocycles. The van der Waals surface area contributed by atoms with Crippen LogP contribution < -0.4 is 4.31 Å². The van der Waals surface area contributed by atoms with Crippen molar-refractivity contribution in [1.82, 2.24) is 9.21 Å². The van der Waals surface area contributed by atoms with Crippen molar-refractivity contribution >= 4 is 16.6 Å². The molecule has 0 spiro atoms. The summed E-state index contributed by atoms with van der Waals surface area (Å²) in [5.74, 6) is 0. The van der Waals surface area contributed by atoms with Crippen LogP contribution in [0.15, 0.2) is 48.5 Å². The lowest BCUT2D eigenvalue weighted by Gasteiger charge is -2.54. The lowest BCUT2D eigenvalue weighted by molar-refractivity contribution is 0.271. The average molecular weight is 370 g/mol. The SMILES string of the molecule is CN1c2ccc(-c3ccccc3)cc2CN(C2CCN(C#N)C2)S1(O)O. The molecule has 2 aromatic rings. The standard InChI is InChI=1S/C19H22N4O2S/c1-21-19-8-7-16(15-5-3-2-4-6-15)11-17(19)12-23(26(21,24)25)18-9-10-22(13-18)14-20/h2-8,11,18,24-25H,9-10,12-13H2,1H3. The van der Waals surface area contributed by atoms with E-state index in [0.29, 0.717) is 19.6 Å². The summed E-state index contributed by atoms with van der Waals surface area (Å²) in [5, 5.41) is 9.11. The second-order valence-electron chi connectivity index (χ2n) is 6.76. The number of benzene rings is 2. The Hall–Kier alpha value is -2.24. The Morgan fingerprint density at radius 3 is 2.58 bits per heavy atom. The number of hydrogen-bond acceptors (Lipinski definition) is 6. The molecule has 2 heterocycles. The molecule has 1 unspecified atom stereocenters. The number of likely N-dealkylation sites (tertiary alicyclic amines) is 1. The van der Waals surface area contributed by atoms with Crippen LogP contribution in [0.2, 0.25) is 0 Å². The Labute approximate surface area is 155 Å². The Morgan fingerprint density at radius 2 is 1.88 bits per heavy atom. The summed E-state index contributed by atoms with van der Waals surface area (Å²) in [5.41, 5.74) is 4.16. The Kier molecular flexibility index (Phi) is 4.29. The summed E-state index contributed by atoms with van der Waals surface area (Å²) >= 11 is 0. The predicted molar refractivity (Wildman–Crippen MR) is 104 cm³/mol. The van der Waals surface area contributed by atoms with Crippen molar-refractivity contribution in [2.75, 3.05) is 24.4 Å². The van der Waals surface area contributed by atoms with Crippen molar-refractivity contribution < 1.29 is 9.11 Å². The molecule has 1 atom stereocenters. The van der Waals surface area contributed by atoms with Crippen LogP contribution in [-0.4, -0.2) is 44.5 Å². The maximum absolute atomic E-state index is 10.8. The van der Waals surface area contributed by atoms with Gasteiger partial charge in [-0.1, -0.05) is 47.4 Å². The molecule has 2 aliphatic heterocycles. The highest BCUT2D eigenvalue weighted by atomic mass is 32.3. The molecule has 6 nitrogen and oxygen atoms in total.